The molecule has 142 valence electrons. The van der Waals surface area contributed by atoms with Gasteiger partial charge in [-0.3, -0.25) is 14.9 Å². The number of rotatable bonds is 3. The molecule has 6 heteroatoms. The average molecular weight is 375 g/mol. The minimum atomic E-state index is -0.412. The number of nitro groups is 1. The van der Waals surface area contributed by atoms with E-state index in [0.717, 1.165) is 29.1 Å². The van der Waals surface area contributed by atoms with E-state index in [-0.39, 0.29) is 17.0 Å². The molecule has 1 aliphatic rings. The topological polar surface area (TPSA) is 77.2 Å². The molecule has 28 heavy (non-hydrogen) atoms. The third-order valence-corrected chi connectivity index (χ3v) is 5.11. The second kappa shape index (κ2) is 6.64. The summed E-state index contributed by atoms with van der Waals surface area (Å²) < 4.78 is 2.10. The molecule has 3 aromatic rings. The van der Waals surface area contributed by atoms with Crippen LogP contribution in [0, 0.1) is 15.5 Å². The number of hydrogen-bond donors (Lipinski definition) is 1. The molecule has 0 saturated carbocycles. The van der Waals surface area contributed by atoms with E-state index >= 15 is 0 Å². The van der Waals surface area contributed by atoms with Gasteiger partial charge < -0.3 is 9.88 Å². The fraction of sp³-hybridized carbons (Fsp3) is 0.227. The lowest BCUT2D eigenvalue weighted by atomic mass is 9.88. The summed E-state index contributed by atoms with van der Waals surface area (Å²) in [6.45, 7) is 4.88. The van der Waals surface area contributed by atoms with Gasteiger partial charge in [0.15, 0.2) is 0 Å². The van der Waals surface area contributed by atoms with E-state index in [4.69, 9.17) is 0 Å². The Kier molecular flexibility index (Phi) is 4.26. The van der Waals surface area contributed by atoms with Crippen molar-refractivity contribution in [2.75, 3.05) is 6.54 Å². The predicted molar refractivity (Wildman–Crippen MR) is 108 cm³/mol. The predicted octanol–water partition coefficient (Wildman–Crippen LogP) is 4.36. The van der Waals surface area contributed by atoms with Gasteiger partial charge in [0.25, 0.3) is 11.6 Å². The zero-order valence-electron chi connectivity index (χ0n) is 15.8. The van der Waals surface area contributed by atoms with E-state index in [1.807, 2.05) is 36.4 Å². The number of para-hydroxylation sites is 1. The summed E-state index contributed by atoms with van der Waals surface area (Å²) in [6, 6.07) is 18.2. The molecule has 2 aromatic carbocycles. The SMILES string of the molecule is CC1(C)CNC(=O)c2cc(-c3ccc([N+](=O)[O-])cc3)n(-c3ccccc3)c2C1. The van der Waals surface area contributed by atoms with Gasteiger partial charge in [-0.05, 0) is 47.7 Å². The fourth-order valence-electron chi connectivity index (χ4n) is 3.69. The summed E-state index contributed by atoms with van der Waals surface area (Å²) in [6.07, 6.45) is 0.739. The quantitative estimate of drug-likeness (QED) is 0.546. The summed E-state index contributed by atoms with van der Waals surface area (Å²) in [5, 5.41) is 14.0. The van der Waals surface area contributed by atoms with E-state index in [0.29, 0.717) is 12.1 Å². The van der Waals surface area contributed by atoms with Crippen molar-refractivity contribution >= 4 is 11.6 Å². The van der Waals surface area contributed by atoms with Gasteiger partial charge >= 0.3 is 0 Å². The molecular weight excluding hydrogens is 354 g/mol. The Labute approximate surface area is 163 Å². The summed E-state index contributed by atoms with van der Waals surface area (Å²) >= 11 is 0. The van der Waals surface area contributed by atoms with E-state index in [9.17, 15) is 14.9 Å². The Morgan fingerprint density at radius 1 is 1.07 bits per heavy atom. The van der Waals surface area contributed by atoms with Crippen LogP contribution in [0.4, 0.5) is 5.69 Å². The first-order valence-corrected chi connectivity index (χ1v) is 9.19. The van der Waals surface area contributed by atoms with Gasteiger partial charge in [0.1, 0.15) is 0 Å². The maximum Gasteiger partial charge on any atom is 0.269 e. The van der Waals surface area contributed by atoms with Gasteiger partial charge in [0.2, 0.25) is 0 Å². The van der Waals surface area contributed by atoms with Crippen LogP contribution in [0.3, 0.4) is 0 Å². The van der Waals surface area contributed by atoms with Gasteiger partial charge in [-0.15, -0.1) is 0 Å². The van der Waals surface area contributed by atoms with Crippen molar-refractivity contribution in [3.8, 4) is 16.9 Å². The zero-order chi connectivity index (χ0) is 19.9. The number of carbonyl (C=O) groups excluding carboxylic acids is 1. The van der Waals surface area contributed by atoms with Crippen LogP contribution in [0.2, 0.25) is 0 Å². The normalized spacial score (nSPS) is 15.4. The average Bonchev–Trinajstić information content (AvgIpc) is 3.00. The largest absolute Gasteiger partial charge is 0.351 e. The van der Waals surface area contributed by atoms with E-state index < -0.39 is 4.92 Å². The lowest BCUT2D eigenvalue weighted by molar-refractivity contribution is -0.384. The molecule has 0 bridgehead atoms. The summed E-state index contributed by atoms with van der Waals surface area (Å²) in [7, 11) is 0. The Morgan fingerprint density at radius 3 is 2.39 bits per heavy atom. The standard InChI is InChI=1S/C22H21N3O3/c1-22(2)13-20-18(21(26)23-14-22)12-19(24(20)16-6-4-3-5-7-16)15-8-10-17(11-9-15)25(27)28/h3-12H,13-14H2,1-2H3,(H,23,26). The van der Waals surface area contributed by atoms with E-state index in [2.05, 4.69) is 23.7 Å². The van der Waals surface area contributed by atoms with Crippen molar-refractivity contribution < 1.29 is 9.72 Å². The smallest absolute Gasteiger partial charge is 0.269 e. The van der Waals surface area contributed by atoms with Crippen LogP contribution < -0.4 is 5.32 Å². The molecule has 0 spiro atoms. The molecule has 1 amide bonds. The lowest BCUT2D eigenvalue weighted by Gasteiger charge is -2.24. The first-order valence-electron chi connectivity index (χ1n) is 9.19. The van der Waals surface area contributed by atoms with E-state index in [1.54, 1.807) is 12.1 Å². The van der Waals surface area contributed by atoms with Crippen LogP contribution in [0.15, 0.2) is 60.7 Å². The highest BCUT2D eigenvalue weighted by molar-refractivity contribution is 5.98. The minimum Gasteiger partial charge on any atom is -0.351 e. The number of non-ortho nitro benzene ring substituents is 1. The van der Waals surface area contributed by atoms with Crippen molar-refractivity contribution in [1.82, 2.24) is 9.88 Å². The molecule has 0 saturated heterocycles. The van der Waals surface area contributed by atoms with Crippen molar-refractivity contribution in [1.29, 1.82) is 0 Å². The molecule has 0 aliphatic carbocycles. The number of amides is 1. The van der Waals surface area contributed by atoms with Crippen LogP contribution in [0.5, 0.6) is 0 Å². The number of nitro benzene ring substituents is 1. The van der Waals surface area contributed by atoms with Crippen LogP contribution >= 0.6 is 0 Å². The summed E-state index contributed by atoms with van der Waals surface area (Å²) in [5.41, 5.74) is 4.21. The first-order chi connectivity index (χ1) is 13.4. The van der Waals surface area contributed by atoms with Crippen LogP contribution in [-0.4, -0.2) is 21.9 Å². The van der Waals surface area contributed by atoms with Crippen molar-refractivity contribution in [2.45, 2.75) is 20.3 Å². The molecule has 0 radical (unpaired) electrons. The zero-order valence-corrected chi connectivity index (χ0v) is 15.8. The highest BCUT2D eigenvalue weighted by Crippen LogP contribution is 2.35. The maximum atomic E-state index is 12.8. The number of carbonyl (C=O) groups is 1. The number of nitrogens with zero attached hydrogens (tertiary/aromatic N) is 2. The molecule has 0 unspecified atom stereocenters. The number of aromatic nitrogens is 1. The molecular formula is C22H21N3O3. The van der Waals surface area contributed by atoms with Crippen LogP contribution in [0.25, 0.3) is 16.9 Å². The van der Waals surface area contributed by atoms with E-state index in [1.165, 1.54) is 12.1 Å². The fourth-order valence-corrected chi connectivity index (χ4v) is 3.69. The highest BCUT2D eigenvalue weighted by Gasteiger charge is 2.31. The van der Waals surface area contributed by atoms with Crippen LogP contribution in [0.1, 0.15) is 29.9 Å². The maximum absolute atomic E-state index is 12.8. The first kappa shape index (κ1) is 18.0. The van der Waals surface area contributed by atoms with Crippen LogP contribution in [-0.2, 0) is 6.42 Å². The molecule has 6 nitrogen and oxygen atoms in total. The number of hydrogen-bond acceptors (Lipinski definition) is 3. The van der Waals surface area contributed by atoms with Crippen molar-refractivity contribution in [2.24, 2.45) is 5.41 Å². The van der Waals surface area contributed by atoms with Gasteiger partial charge in [-0.2, -0.15) is 0 Å². The molecule has 1 aliphatic heterocycles. The van der Waals surface area contributed by atoms with Gasteiger partial charge in [0.05, 0.1) is 16.2 Å². The summed E-state index contributed by atoms with van der Waals surface area (Å²) in [5.74, 6) is -0.0848. The van der Waals surface area contributed by atoms with Gasteiger partial charge in [-0.1, -0.05) is 32.0 Å². The highest BCUT2D eigenvalue weighted by atomic mass is 16.6. The van der Waals surface area contributed by atoms with Crippen molar-refractivity contribution in [3.05, 3.63) is 82.0 Å². The molecule has 0 atom stereocenters. The number of fused-ring (bicyclic) bond motifs is 1. The Morgan fingerprint density at radius 2 is 1.75 bits per heavy atom. The molecule has 1 aromatic heterocycles. The third-order valence-electron chi connectivity index (χ3n) is 5.11. The number of benzene rings is 2. The van der Waals surface area contributed by atoms with Gasteiger partial charge in [-0.25, -0.2) is 0 Å². The lowest BCUT2D eigenvalue weighted by Crippen LogP contribution is -2.31. The Balaban J connectivity index is 1.95. The minimum absolute atomic E-state index is 0.0435. The molecule has 4 rings (SSSR count). The number of nitrogens with one attached hydrogen (secondary N) is 1. The molecule has 0 fully saturated rings. The molecule has 2 heterocycles. The Bertz CT molecular complexity index is 1050. The third kappa shape index (κ3) is 3.17. The molecule has 1 N–H and O–H groups in total. The second-order valence-corrected chi connectivity index (χ2v) is 7.89. The summed E-state index contributed by atoms with van der Waals surface area (Å²) in [4.78, 5) is 23.3. The Hall–Kier alpha value is -3.41. The monoisotopic (exact) mass is 375 g/mol. The van der Waals surface area contributed by atoms with Crippen molar-refractivity contribution in [3.63, 3.8) is 0 Å². The van der Waals surface area contributed by atoms with Gasteiger partial charge in [0, 0.05) is 30.1 Å². The second-order valence-electron chi connectivity index (χ2n) is 7.89.